The monoisotopic (exact) mass is 303 g/mol. The van der Waals surface area contributed by atoms with Crippen LogP contribution in [0.4, 0.5) is 0 Å². The molecule has 1 amide bonds. The Hall–Kier alpha value is -1.39. The SMILES string of the molecule is CNCC(C)C(=O)N1CCC(C)N(Cc2ccccc2)CC1. The highest BCUT2D eigenvalue weighted by Gasteiger charge is 2.25. The van der Waals surface area contributed by atoms with Gasteiger partial charge in [-0.2, -0.15) is 0 Å². The van der Waals surface area contributed by atoms with Gasteiger partial charge >= 0.3 is 0 Å². The Morgan fingerprint density at radius 2 is 2.00 bits per heavy atom. The number of nitrogens with zero attached hydrogens (tertiary/aromatic N) is 2. The Morgan fingerprint density at radius 3 is 2.68 bits per heavy atom. The summed E-state index contributed by atoms with van der Waals surface area (Å²) >= 11 is 0. The van der Waals surface area contributed by atoms with Gasteiger partial charge in [-0.3, -0.25) is 9.69 Å². The van der Waals surface area contributed by atoms with Gasteiger partial charge in [-0.25, -0.2) is 0 Å². The second-order valence-electron chi connectivity index (χ2n) is 6.38. The van der Waals surface area contributed by atoms with E-state index in [0.717, 1.165) is 39.1 Å². The number of hydrogen-bond acceptors (Lipinski definition) is 3. The zero-order valence-electron chi connectivity index (χ0n) is 14.1. The van der Waals surface area contributed by atoms with E-state index in [-0.39, 0.29) is 11.8 Å². The third-order valence-electron chi connectivity index (χ3n) is 4.57. The molecule has 0 radical (unpaired) electrons. The molecule has 0 bridgehead atoms. The number of hydrogen-bond donors (Lipinski definition) is 1. The number of carbonyl (C=O) groups excluding carboxylic acids is 1. The van der Waals surface area contributed by atoms with Crippen molar-refractivity contribution < 1.29 is 4.79 Å². The summed E-state index contributed by atoms with van der Waals surface area (Å²) in [6.45, 7) is 8.66. The molecule has 122 valence electrons. The molecule has 1 aromatic rings. The van der Waals surface area contributed by atoms with E-state index in [0.29, 0.717) is 6.04 Å². The smallest absolute Gasteiger partial charge is 0.226 e. The predicted molar refractivity (Wildman–Crippen MR) is 90.6 cm³/mol. The molecular weight excluding hydrogens is 274 g/mol. The summed E-state index contributed by atoms with van der Waals surface area (Å²) in [4.78, 5) is 17.0. The molecule has 1 aliphatic rings. The molecule has 2 rings (SSSR count). The fourth-order valence-electron chi connectivity index (χ4n) is 3.08. The molecule has 1 aliphatic heterocycles. The Bertz CT molecular complexity index is 463. The van der Waals surface area contributed by atoms with Gasteiger partial charge in [0.15, 0.2) is 0 Å². The average Bonchev–Trinajstić information content (AvgIpc) is 2.71. The summed E-state index contributed by atoms with van der Waals surface area (Å²) in [6.07, 6.45) is 1.05. The molecule has 0 spiro atoms. The van der Waals surface area contributed by atoms with Crippen LogP contribution in [0.3, 0.4) is 0 Å². The maximum absolute atomic E-state index is 12.5. The van der Waals surface area contributed by atoms with Crippen LogP contribution in [0.1, 0.15) is 25.8 Å². The normalized spacial score (nSPS) is 21.4. The van der Waals surface area contributed by atoms with E-state index in [9.17, 15) is 4.79 Å². The van der Waals surface area contributed by atoms with Crippen LogP contribution >= 0.6 is 0 Å². The number of rotatable bonds is 5. The molecule has 2 unspecified atom stereocenters. The average molecular weight is 303 g/mol. The third-order valence-corrected chi connectivity index (χ3v) is 4.57. The molecule has 1 aromatic carbocycles. The van der Waals surface area contributed by atoms with E-state index in [1.165, 1.54) is 5.56 Å². The number of nitrogens with one attached hydrogen (secondary N) is 1. The molecule has 0 aliphatic carbocycles. The lowest BCUT2D eigenvalue weighted by Crippen LogP contribution is -2.40. The second kappa shape index (κ2) is 8.30. The zero-order valence-corrected chi connectivity index (χ0v) is 14.1. The fraction of sp³-hybridized carbons (Fsp3) is 0.611. The van der Waals surface area contributed by atoms with Gasteiger partial charge in [-0.1, -0.05) is 37.3 Å². The van der Waals surface area contributed by atoms with Crippen molar-refractivity contribution in [2.75, 3.05) is 33.2 Å². The minimum Gasteiger partial charge on any atom is -0.341 e. The fourth-order valence-corrected chi connectivity index (χ4v) is 3.08. The van der Waals surface area contributed by atoms with Crippen molar-refractivity contribution >= 4 is 5.91 Å². The highest BCUT2D eigenvalue weighted by Crippen LogP contribution is 2.16. The summed E-state index contributed by atoms with van der Waals surface area (Å²) in [5.74, 6) is 0.337. The Balaban J connectivity index is 1.94. The van der Waals surface area contributed by atoms with Gasteiger partial charge in [-0.15, -0.1) is 0 Å². The molecule has 4 nitrogen and oxygen atoms in total. The largest absolute Gasteiger partial charge is 0.341 e. The van der Waals surface area contributed by atoms with Crippen molar-refractivity contribution in [2.24, 2.45) is 5.92 Å². The maximum atomic E-state index is 12.5. The van der Waals surface area contributed by atoms with Crippen LogP contribution < -0.4 is 5.32 Å². The zero-order chi connectivity index (χ0) is 15.9. The van der Waals surface area contributed by atoms with Crippen LogP contribution in [0.2, 0.25) is 0 Å². The maximum Gasteiger partial charge on any atom is 0.226 e. The van der Waals surface area contributed by atoms with Crippen molar-refractivity contribution in [3.05, 3.63) is 35.9 Å². The highest BCUT2D eigenvalue weighted by atomic mass is 16.2. The summed E-state index contributed by atoms with van der Waals surface area (Å²) in [5, 5.41) is 3.10. The topological polar surface area (TPSA) is 35.6 Å². The van der Waals surface area contributed by atoms with Crippen LogP contribution in [0.15, 0.2) is 30.3 Å². The van der Waals surface area contributed by atoms with Gasteiger partial charge in [0.25, 0.3) is 0 Å². The third kappa shape index (κ3) is 4.55. The molecule has 22 heavy (non-hydrogen) atoms. The van der Waals surface area contributed by atoms with Crippen molar-refractivity contribution in [1.29, 1.82) is 0 Å². The summed E-state index contributed by atoms with van der Waals surface area (Å²) in [5.41, 5.74) is 1.35. The van der Waals surface area contributed by atoms with Crippen LogP contribution in [-0.2, 0) is 11.3 Å². The molecule has 1 heterocycles. The van der Waals surface area contributed by atoms with E-state index in [4.69, 9.17) is 0 Å². The number of carbonyl (C=O) groups is 1. The molecular formula is C18H29N3O. The highest BCUT2D eigenvalue weighted by molar-refractivity contribution is 5.78. The Labute approximate surface area is 134 Å². The second-order valence-corrected chi connectivity index (χ2v) is 6.38. The first-order chi connectivity index (χ1) is 10.6. The van der Waals surface area contributed by atoms with Gasteiger partial charge in [0.1, 0.15) is 0 Å². The van der Waals surface area contributed by atoms with Gasteiger partial charge in [0, 0.05) is 44.7 Å². The first kappa shape index (κ1) is 17.0. The lowest BCUT2D eigenvalue weighted by Gasteiger charge is -2.26. The van der Waals surface area contributed by atoms with E-state index in [2.05, 4.69) is 47.5 Å². The molecule has 1 saturated heterocycles. The minimum atomic E-state index is 0.0565. The number of benzene rings is 1. The van der Waals surface area contributed by atoms with E-state index in [1.807, 2.05) is 18.9 Å². The first-order valence-electron chi connectivity index (χ1n) is 8.33. The van der Waals surface area contributed by atoms with Crippen LogP contribution in [0.25, 0.3) is 0 Å². The molecule has 1 fully saturated rings. The molecule has 0 saturated carbocycles. The number of amides is 1. The van der Waals surface area contributed by atoms with Crippen molar-refractivity contribution in [1.82, 2.24) is 15.1 Å². The van der Waals surface area contributed by atoms with Crippen LogP contribution in [0.5, 0.6) is 0 Å². The standard InChI is InChI=1S/C18H29N3O/c1-15(13-19-3)18(22)20-10-9-16(2)21(12-11-20)14-17-7-5-4-6-8-17/h4-8,15-16,19H,9-14H2,1-3H3. The molecule has 1 N–H and O–H groups in total. The quantitative estimate of drug-likeness (QED) is 0.903. The summed E-state index contributed by atoms with van der Waals surface area (Å²) in [6, 6.07) is 11.1. The lowest BCUT2D eigenvalue weighted by molar-refractivity contribution is -0.134. The lowest BCUT2D eigenvalue weighted by atomic mass is 10.1. The first-order valence-corrected chi connectivity index (χ1v) is 8.33. The van der Waals surface area contributed by atoms with Crippen molar-refractivity contribution in [3.8, 4) is 0 Å². The van der Waals surface area contributed by atoms with Crippen molar-refractivity contribution in [3.63, 3.8) is 0 Å². The van der Waals surface area contributed by atoms with Gasteiger partial charge in [0.05, 0.1) is 0 Å². The van der Waals surface area contributed by atoms with Crippen LogP contribution in [0, 0.1) is 5.92 Å². The van der Waals surface area contributed by atoms with Crippen LogP contribution in [-0.4, -0.2) is 55.0 Å². The van der Waals surface area contributed by atoms with Gasteiger partial charge in [-0.05, 0) is 26.0 Å². The molecule has 0 aromatic heterocycles. The van der Waals surface area contributed by atoms with Gasteiger partial charge in [0.2, 0.25) is 5.91 Å². The van der Waals surface area contributed by atoms with Crippen molar-refractivity contribution in [2.45, 2.75) is 32.9 Å². The Kier molecular flexibility index (Phi) is 6.40. The predicted octanol–water partition coefficient (Wildman–Crippen LogP) is 1.96. The van der Waals surface area contributed by atoms with E-state index >= 15 is 0 Å². The summed E-state index contributed by atoms with van der Waals surface area (Å²) in [7, 11) is 1.90. The van der Waals surface area contributed by atoms with Gasteiger partial charge < -0.3 is 10.2 Å². The molecule has 4 heteroatoms. The minimum absolute atomic E-state index is 0.0565. The Morgan fingerprint density at radius 1 is 1.27 bits per heavy atom. The van der Waals surface area contributed by atoms with E-state index in [1.54, 1.807) is 0 Å². The summed E-state index contributed by atoms with van der Waals surface area (Å²) < 4.78 is 0. The molecule has 2 atom stereocenters. The van der Waals surface area contributed by atoms with E-state index < -0.39 is 0 Å².